The van der Waals surface area contributed by atoms with E-state index in [0.717, 1.165) is 0 Å². The Bertz CT molecular complexity index is 181. The van der Waals surface area contributed by atoms with E-state index in [0.29, 0.717) is 0 Å². The maximum absolute atomic E-state index is 10.3. The number of carbonyl (C=O) groups is 1. The van der Waals surface area contributed by atoms with Gasteiger partial charge in [0.05, 0.1) is 6.61 Å². The molecule has 0 radical (unpaired) electrons. The molecule has 1 rings (SSSR count). The second-order valence-corrected chi connectivity index (χ2v) is 2.64. The van der Waals surface area contributed by atoms with Gasteiger partial charge in [0.1, 0.15) is 18.3 Å². The number of aliphatic carboxylic acids is 1. The third kappa shape index (κ3) is 1.56. The van der Waals surface area contributed by atoms with Crippen LogP contribution in [0, 0.1) is 0 Å². The van der Waals surface area contributed by atoms with Gasteiger partial charge in [0.15, 0.2) is 6.10 Å². The molecule has 1 saturated heterocycles. The van der Waals surface area contributed by atoms with Crippen LogP contribution in [-0.2, 0) is 9.53 Å². The standard InChI is InChI=1S/C6H10O6/c7-2-1-12-5(6(10)11)4(9)3(2)8/h2-5,7-9H,1H2,(H,10,11)/t2-,3-,4+,5+/m0/s1. The number of aliphatic hydroxyl groups excluding tert-OH is 3. The zero-order valence-corrected chi connectivity index (χ0v) is 6.12. The molecule has 6 heteroatoms. The van der Waals surface area contributed by atoms with Crippen molar-refractivity contribution in [1.82, 2.24) is 0 Å². The van der Waals surface area contributed by atoms with E-state index in [4.69, 9.17) is 20.4 Å². The van der Waals surface area contributed by atoms with Crippen molar-refractivity contribution in [2.45, 2.75) is 24.4 Å². The number of hydrogen-bond acceptors (Lipinski definition) is 5. The fourth-order valence-corrected chi connectivity index (χ4v) is 1.02. The van der Waals surface area contributed by atoms with Crippen molar-refractivity contribution in [3.05, 3.63) is 0 Å². The summed E-state index contributed by atoms with van der Waals surface area (Å²) in [5, 5.41) is 35.4. The Hall–Kier alpha value is -0.690. The predicted molar refractivity (Wildman–Crippen MR) is 35.4 cm³/mol. The molecule has 1 aliphatic heterocycles. The molecule has 1 fully saturated rings. The van der Waals surface area contributed by atoms with Gasteiger partial charge in [0.25, 0.3) is 0 Å². The van der Waals surface area contributed by atoms with Crippen LogP contribution in [-0.4, -0.2) is 57.4 Å². The Balaban J connectivity index is 2.65. The van der Waals surface area contributed by atoms with Crippen LogP contribution in [0.3, 0.4) is 0 Å². The van der Waals surface area contributed by atoms with E-state index in [1.54, 1.807) is 0 Å². The number of ether oxygens (including phenoxy) is 1. The molecule has 4 N–H and O–H groups in total. The first-order valence-corrected chi connectivity index (χ1v) is 3.42. The molecule has 4 atom stereocenters. The molecule has 12 heavy (non-hydrogen) atoms. The van der Waals surface area contributed by atoms with Gasteiger partial charge in [-0.15, -0.1) is 0 Å². The molecular weight excluding hydrogens is 168 g/mol. The highest BCUT2D eigenvalue weighted by molar-refractivity contribution is 5.73. The summed E-state index contributed by atoms with van der Waals surface area (Å²) in [6, 6.07) is 0. The molecule has 0 aromatic heterocycles. The van der Waals surface area contributed by atoms with E-state index >= 15 is 0 Å². The lowest BCUT2D eigenvalue weighted by molar-refractivity contribution is -0.201. The Morgan fingerprint density at radius 1 is 1.25 bits per heavy atom. The van der Waals surface area contributed by atoms with Gasteiger partial charge in [-0.2, -0.15) is 0 Å². The molecule has 0 amide bonds. The zero-order valence-electron chi connectivity index (χ0n) is 6.12. The molecule has 70 valence electrons. The Morgan fingerprint density at radius 2 is 1.83 bits per heavy atom. The SMILES string of the molecule is O=C(O)[C@@H]1OC[C@H](O)[C@H](O)[C@H]1O. The van der Waals surface area contributed by atoms with Crippen LogP contribution >= 0.6 is 0 Å². The molecule has 0 saturated carbocycles. The lowest BCUT2D eigenvalue weighted by Gasteiger charge is -2.32. The fraction of sp³-hybridized carbons (Fsp3) is 0.833. The van der Waals surface area contributed by atoms with Crippen molar-refractivity contribution in [3.8, 4) is 0 Å². The van der Waals surface area contributed by atoms with Crippen molar-refractivity contribution in [2.75, 3.05) is 6.61 Å². The summed E-state index contributed by atoms with van der Waals surface area (Å²) in [6.45, 7) is -0.283. The molecule has 0 aromatic carbocycles. The molecule has 0 bridgehead atoms. The van der Waals surface area contributed by atoms with Gasteiger partial charge in [-0.3, -0.25) is 0 Å². The van der Waals surface area contributed by atoms with E-state index in [2.05, 4.69) is 4.74 Å². The first-order chi connectivity index (χ1) is 5.54. The van der Waals surface area contributed by atoms with Crippen LogP contribution < -0.4 is 0 Å². The maximum Gasteiger partial charge on any atom is 0.335 e. The fourth-order valence-electron chi connectivity index (χ4n) is 1.02. The van der Waals surface area contributed by atoms with Crippen LogP contribution in [0.25, 0.3) is 0 Å². The van der Waals surface area contributed by atoms with Crippen LogP contribution in [0.1, 0.15) is 0 Å². The van der Waals surface area contributed by atoms with E-state index in [1.807, 2.05) is 0 Å². The second-order valence-electron chi connectivity index (χ2n) is 2.64. The van der Waals surface area contributed by atoms with E-state index in [1.165, 1.54) is 0 Å². The molecule has 0 aliphatic carbocycles. The molecule has 6 nitrogen and oxygen atoms in total. The highest BCUT2D eigenvalue weighted by Gasteiger charge is 2.41. The van der Waals surface area contributed by atoms with Gasteiger partial charge < -0.3 is 25.2 Å². The topological polar surface area (TPSA) is 107 Å². The zero-order chi connectivity index (χ0) is 9.30. The summed E-state index contributed by atoms with van der Waals surface area (Å²) in [6.07, 6.45) is -5.72. The van der Waals surface area contributed by atoms with Crippen molar-refractivity contribution >= 4 is 5.97 Å². The molecule has 0 aromatic rings. The summed E-state index contributed by atoms with van der Waals surface area (Å²) >= 11 is 0. The van der Waals surface area contributed by atoms with Crippen LogP contribution in [0.5, 0.6) is 0 Å². The molecule has 0 spiro atoms. The van der Waals surface area contributed by atoms with Crippen molar-refractivity contribution < 1.29 is 30.0 Å². The number of carboxylic acids is 1. The van der Waals surface area contributed by atoms with E-state index in [-0.39, 0.29) is 6.61 Å². The van der Waals surface area contributed by atoms with Gasteiger partial charge in [-0.25, -0.2) is 4.79 Å². The largest absolute Gasteiger partial charge is 0.479 e. The minimum atomic E-state index is -1.58. The number of carboxylic acid groups (broad SMARTS) is 1. The van der Waals surface area contributed by atoms with Crippen LogP contribution in [0.15, 0.2) is 0 Å². The summed E-state index contributed by atoms with van der Waals surface area (Å²) in [5.41, 5.74) is 0. The van der Waals surface area contributed by atoms with Crippen LogP contribution in [0.2, 0.25) is 0 Å². The first-order valence-electron chi connectivity index (χ1n) is 3.42. The highest BCUT2D eigenvalue weighted by Crippen LogP contribution is 2.15. The van der Waals surface area contributed by atoms with Crippen LogP contribution in [0.4, 0.5) is 0 Å². The Kier molecular flexibility index (Phi) is 2.63. The average Bonchev–Trinajstić information content (AvgIpc) is 2.00. The Morgan fingerprint density at radius 3 is 2.33 bits per heavy atom. The highest BCUT2D eigenvalue weighted by atomic mass is 16.5. The van der Waals surface area contributed by atoms with Crippen molar-refractivity contribution in [1.29, 1.82) is 0 Å². The van der Waals surface area contributed by atoms with E-state index in [9.17, 15) is 4.79 Å². The third-order valence-corrected chi connectivity index (χ3v) is 1.74. The number of rotatable bonds is 1. The number of hydrogen-bond donors (Lipinski definition) is 4. The average molecular weight is 178 g/mol. The Labute approximate surface area is 68.0 Å². The summed E-state index contributed by atoms with van der Waals surface area (Å²) in [4.78, 5) is 10.3. The minimum absolute atomic E-state index is 0.283. The molecule has 1 heterocycles. The maximum atomic E-state index is 10.3. The third-order valence-electron chi connectivity index (χ3n) is 1.74. The lowest BCUT2D eigenvalue weighted by Crippen LogP contribution is -2.55. The number of aliphatic hydroxyl groups is 3. The molecule has 1 aliphatic rings. The summed E-state index contributed by atoms with van der Waals surface area (Å²) < 4.78 is 4.57. The second kappa shape index (κ2) is 3.36. The minimum Gasteiger partial charge on any atom is -0.479 e. The van der Waals surface area contributed by atoms with Gasteiger partial charge in [-0.05, 0) is 0 Å². The quantitative estimate of drug-likeness (QED) is 0.355. The molecular formula is C6H10O6. The summed E-state index contributed by atoms with van der Waals surface area (Å²) in [5.74, 6) is -1.35. The summed E-state index contributed by atoms with van der Waals surface area (Å²) in [7, 11) is 0. The first kappa shape index (κ1) is 9.40. The van der Waals surface area contributed by atoms with Crippen molar-refractivity contribution in [2.24, 2.45) is 0 Å². The van der Waals surface area contributed by atoms with Gasteiger partial charge >= 0.3 is 5.97 Å². The van der Waals surface area contributed by atoms with Gasteiger partial charge in [-0.1, -0.05) is 0 Å². The lowest BCUT2D eigenvalue weighted by atomic mass is 10.0. The normalized spacial score (nSPS) is 42.6. The predicted octanol–water partition coefficient (Wildman–Crippen LogP) is -2.45. The molecule has 0 unspecified atom stereocenters. The smallest absolute Gasteiger partial charge is 0.335 e. The monoisotopic (exact) mass is 178 g/mol. The van der Waals surface area contributed by atoms with Gasteiger partial charge in [0, 0.05) is 0 Å². The van der Waals surface area contributed by atoms with Crippen molar-refractivity contribution in [3.63, 3.8) is 0 Å². The van der Waals surface area contributed by atoms with E-state index < -0.39 is 30.4 Å². The van der Waals surface area contributed by atoms with Gasteiger partial charge in [0.2, 0.25) is 0 Å².